The molecule has 0 saturated heterocycles. The molecule has 0 aliphatic rings. The molecule has 4 nitrogen and oxygen atoms in total. The van der Waals surface area contributed by atoms with Crippen LogP contribution in [0.2, 0.25) is 0 Å². The van der Waals surface area contributed by atoms with Crippen LogP contribution in [0.1, 0.15) is 21.5 Å². The van der Waals surface area contributed by atoms with Crippen LogP contribution in [-0.2, 0) is 6.61 Å². The van der Waals surface area contributed by atoms with Crippen LogP contribution in [0.15, 0.2) is 66.7 Å². The summed E-state index contributed by atoms with van der Waals surface area (Å²) < 4.78 is 7.08. The third-order valence-electron chi connectivity index (χ3n) is 4.50. The smallest absolute Gasteiger partial charge is 0.339 e. The molecule has 1 aromatic heterocycles. The highest BCUT2D eigenvalue weighted by molar-refractivity contribution is 7.22. The summed E-state index contributed by atoms with van der Waals surface area (Å²) in [5, 5.41) is 20.6. The molecule has 140 valence electrons. The number of carboxylic acids is 1. The SMILES string of the molecule is Cc1cc(COc2cccc(-c3cc4ccccc4s3)c2)c(O)c(C(=O)O)c1. The number of carbonyl (C=O) groups is 1. The lowest BCUT2D eigenvalue weighted by Crippen LogP contribution is -2.03. The summed E-state index contributed by atoms with van der Waals surface area (Å²) in [4.78, 5) is 12.4. The Morgan fingerprint density at radius 2 is 1.86 bits per heavy atom. The van der Waals surface area contributed by atoms with Gasteiger partial charge in [-0.05, 0) is 59.8 Å². The predicted octanol–water partition coefficient (Wildman–Crippen LogP) is 5.86. The van der Waals surface area contributed by atoms with Crippen molar-refractivity contribution < 1.29 is 19.7 Å². The van der Waals surface area contributed by atoms with Crippen molar-refractivity contribution in [1.29, 1.82) is 0 Å². The summed E-state index contributed by atoms with van der Waals surface area (Å²) in [6.45, 7) is 1.88. The second-order valence-corrected chi connectivity index (χ2v) is 7.67. The Hall–Kier alpha value is -3.31. The zero-order valence-electron chi connectivity index (χ0n) is 15.2. The van der Waals surface area contributed by atoms with E-state index in [-0.39, 0.29) is 17.9 Å². The van der Waals surface area contributed by atoms with Gasteiger partial charge in [-0.25, -0.2) is 4.79 Å². The minimum absolute atomic E-state index is 0.0870. The fraction of sp³-hybridized carbons (Fsp3) is 0.0870. The zero-order valence-corrected chi connectivity index (χ0v) is 16.0. The average Bonchev–Trinajstić information content (AvgIpc) is 3.13. The molecule has 2 N–H and O–H groups in total. The average molecular weight is 390 g/mol. The number of aromatic hydroxyl groups is 1. The molecule has 0 amide bonds. The lowest BCUT2D eigenvalue weighted by atomic mass is 10.1. The lowest BCUT2D eigenvalue weighted by Gasteiger charge is -2.11. The van der Waals surface area contributed by atoms with Crippen LogP contribution in [0.25, 0.3) is 20.5 Å². The molecular formula is C23H18O4S. The van der Waals surface area contributed by atoms with Gasteiger partial charge in [0.15, 0.2) is 0 Å². The van der Waals surface area contributed by atoms with Gasteiger partial charge < -0.3 is 14.9 Å². The number of fused-ring (bicyclic) bond motifs is 1. The Bertz CT molecular complexity index is 1140. The first-order valence-corrected chi connectivity index (χ1v) is 9.60. The number of hydrogen-bond donors (Lipinski definition) is 2. The van der Waals surface area contributed by atoms with E-state index in [9.17, 15) is 15.0 Å². The summed E-state index contributed by atoms with van der Waals surface area (Å²) in [5.41, 5.74) is 2.15. The first-order chi connectivity index (χ1) is 13.5. The Kier molecular flexibility index (Phi) is 4.75. The number of aryl methyl sites for hydroxylation is 1. The van der Waals surface area contributed by atoms with Crippen molar-refractivity contribution in [1.82, 2.24) is 0 Å². The minimum atomic E-state index is -1.16. The van der Waals surface area contributed by atoms with Gasteiger partial charge in [-0.3, -0.25) is 0 Å². The Balaban J connectivity index is 1.59. The normalized spacial score (nSPS) is 10.9. The topological polar surface area (TPSA) is 66.8 Å². The van der Waals surface area contributed by atoms with Crippen molar-refractivity contribution in [3.63, 3.8) is 0 Å². The van der Waals surface area contributed by atoms with E-state index in [4.69, 9.17) is 4.74 Å². The number of thiophene rings is 1. The standard InChI is InChI=1S/C23H18O4S/c1-14-9-17(22(24)19(10-14)23(25)26)13-27-18-7-4-6-15(11-18)21-12-16-5-2-3-8-20(16)28-21/h2-12,24H,13H2,1H3,(H,25,26). The van der Waals surface area contributed by atoms with Gasteiger partial charge in [0.25, 0.3) is 0 Å². The highest BCUT2D eigenvalue weighted by Gasteiger charge is 2.15. The predicted molar refractivity (Wildman–Crippen MR) is 111 cm³/mol. The largest absolute Gasteiger partial charge is 0.507 e. The second-order valence-electron chi connectivity index (χ2n) is 6.59. The maximum atomic E-state index is 11.3. The van der Waals surface area contributed by atoms with Gasteiger partial charge in [0.05, 0.1) is 0 Å². The third kappa shape index (κ3) is 3.57. The van der Waals surface area contributed by atoms with Crippen LogP contribution in [0.4, 0.5) is 0 Å². The van der Waals surface area contributed by atoms with Gasteiger partial charge >= 0.3 is 5.97 Å². The summed E-state index contributed by atoms with van der Waals surface area (Å²) in [6.07, 6.45) is 0. The van der Waals surface area contributed by atoms with Crippen LogP contribution in [-0.4, -0.2) is 16.2 Å². The summed E-state index contributed by atoms with van der Waals surface area (Å²) in [7, 11) is 0. The molecule has 4 aromatic rings. The summed E-state index contributed by atoms with van der Waals surface area (Å²) in [5.74, 6) is -0.749. The maximum Gasteiger partial charge on any atom is 0.339 e. The maximum absolute atomic E-state index is 11.3. The van der Waals surface area contributed by atoms with E-state index < -0.39 is 5.97 Å². The van der Waals surface area contributed by atoms with Crippen molar-refractivity contribution >= 4 is 27.4 Å². The number of phenols is 1. The van der Waals surface area contributed by atoms with E-state index in [1.807, 2.05) is 36.4 Å². The molecule has 0 saturated carbocycles. The minimum Gasteiger partial charge on any atom is -0.507 e. The van der Waals surface area contributed by atoms with Crippen molar-refractivity contribution in [3.8, 4) is 21.9 Å². The van der Waals surface area contributed by atoms with E-state index in [1.54, 1.807) is 24.3 Å². The summed E-state index contributed by atoms with van der Waals surface area (Å²) in [6, 6.07) is 21.3. The zero-order chi connectivity index (χ0) is 19.7. The fourth-order valence-electron chi connectivity index (χ4n) is 3.15. The van der Waals surface area contributed by atoms with Gasteiger partial charge in [0.2, 0.25) is 0 Å². The Morgan fingerprint density at radius 1 is 1.04 bits per heavy atom. The molecule has 0 unspecified atom stereocenters. The van der Waals surface area contributed by atoms with E-state index in [1.165, 1.54) is 16.2 Å². The van der Waals surface area contributed by atoms with Gasteiger partial charge in [0, 0.05) is 15.1 Å². The number of benzene rings is 3. The van der Waals surface area contributed by atoms with Crippen LogP contribution < -0.4 is 4.74 Å². The van der Waals surface area contributed by atoms with E-state index in [2.05, 4.69) is 18.2 Å². The molecule has 0 aliphatic carbocycles. The monoisotopic (exact) mass is 390 g/mol. The Labute approximate surface area is 166 Å². The second kappa shape index (κ2) is 7.37. The number of hydrogen-bond acceptors (Lipinski definition) is 4. The molecule has 28 heavy (non-hydrogen) atoms. The molecule has 0 spiro atoms. The molecule has 0 radical (unpaired) electrons. The van der Waals surface area contributed by atoms with Gasteiger partial charge in [0.1, 0.15) is 23.7 Å². The molecule has 1 heterocycles. The van der Waals surface area contributed by atoms with Crippen LogP contribution in [0, 0.1) is 6.92 Å². The van der Waals surface area contributed by atoms with Crippen LogP contribution >= 0.6 is 11.3 Å². The molecule has 5 heteroatoms. The number of ether oxygens (including phenoxy) is 1. The van der Waals surface area contributed by atoms with Gasteiger partial charge in [-0.2, -0.15) is 0 Å². The lowest BCUT2D eigenvalue weighted by molar-refractivity contribution is 0.0693. The molecule has 4 rings (SSSR count). The molecular weight excluding hydrogens is 372 g/mol. The molecule has 0 aliphatic heterocycles. The molecule has 0 atom stereocenters. The quantitative estimate of drug-likeness (QED) is 0.448. The van der Waals surface area contributed by atoms with E-state index >= 15 is 0 Å². The first-order valence-electron chi connectivity index (χ1n) is 8.79. The summed E-state index contributed by atoms with van der Waals surface area (Å²) >= 11 is 1.72. The van der Waals surface area contributed by atoms with Crippen molar-refractivity contribution in [2.45, 2.75) is 13.5 Å². The van der Waals surface area contributed by atoms with Crippen molar-refractivity contribution in [3.05, 3.63) is 83.4 Å². The molecule has 0 bridgehead atoms. The van der Waals surface area contributed by atoms with Gasteiger partial charge in [-0.15, -0.1) is 11.3 Å². The highest BCUT2D eigenvalue weighted by atomic mass is 32.1. The Morgan fingerprint density at radius 3 is 2.64 bits per heavy atom. The molecule has 3 aromatic carbocycles. The van der Waals surface area contributed by atoms with Gasteiger partial charge in [-0.1, -0.05) is 30.3 Å². The van der Waals surface area contributed by atoms with Crippen LogP contribution in [0.3, 0.4) is 0 Å². The van der Waals surface area contributed by atoms with E-state index in [0.717, 1.165) is 16.0 Å². The first kappa shape index (κ1) is 18.1. The number of carboxylic acid groups (broad SMARTS) is 1. The highest BCUT2D eigenvalue weighted by Crippen LogP contribution is 2.35. The van der Waals surface area contributed by atoms with Crippen molar-refractivity contribution in [2.75, 3.05) is 0 Å². The number of rotatable bonds is 5. The van der Waals surface area contributed by atoms with Crippen molar-refractivity contribution in [2.24, 2.45) is 0 Å². The third-order valence-corrected chi connectivity index (χ3v) is 5.67. The fourth-order valence-corrected chi connectivity index (χ4v) is 4.21. The molecule has 0 fully saturated rings. The van der Waals surface area contributed by atoms with Crippen LogP contribution in [0.5, 0.6) is 11.5 Å². The number of aromatic carboxylic acids is 1. The van der Waals surface area contributed by atoms with E-state index in [0.29, 0.717) is 11.3 Å².